The molecule has 0 saturated heterocycles. The van der Waals surface area contributed by atoms with E-state index in [9.17, 15) is 8.42 Å². The second-order valence-corrected chi connectivity index (χ2v) is 8.97. The molecule has 0 saturated carbocycles. The first-order valence-corrected chi connectivity index (χ1v) is 9.17. The molecule has 1 aromatic heterocycles. The maximum atomic E-state index is 12.7. The van der Waals surface area contributed by atoms with Crippen molar-refractivity contribution < 1.29 is 8.42 Å². The molecular weight excluding hydrogens is 292 g/mol. The van der Waals surface area contributed by atoms with Crippen molar-refractivity contribution in [3.8, 4) is 0 Å². The Balaban J connectivity index is 3.03. The zero-order valence-corrected chi connectivity index (χ0v) is 14.9. The summed E-state index contributed by atoms with van der Waals surface area (Å²) in [7, 11) is 0.143. The maximum absolute atomic E-state index is 12.7. The van der Waals surface area contributed by atoms with Gasteiger partial charge in [0.2, 0.25) is 10.0 Å². The molecule has 0 amide bonds. The van der Waals surface area contributed by atoms with Gasteiger partial charge in [0.25, 0.3) is 0 Å². The van der Waals surface area contributed by atoms with Crippen molar-refractivity contribution >= 4 is 21.4 Å². The number of rotatable bonds is 7. The molecule has 4 nitrogen and oxygen atoms in total. The molecule has 20 heavy (non-hydrogen) atoms. The van der Waals surface area contributed by atoms with Crippen molar-refractivity contribution in [2.24, 2.45) is 5.92 Å². The first-order chi connectivity index (χ1) is 9.20. The second-order valence-electron chi connectivity index (χ2n) is 5.66. The summed E-state index contributed by atoms with van der Waals surface area (Å²) in [6.07, 6.45) is 0.863. The van der Waals surface area contributed by atoms with Crippen LogP contribution in [-0.4, -0.2) is 32.9 Å². The molecule has 116 valence electrons. The molecular formula is C14H26N2O2S2. The predicted molar refractivity (Wildman–Crippen MR) is 85.7 cm³/mol. The van der Waals surface area contributed by atoms with Crippen LogP contribution in [0.2, 0.25) is 0 Å². The number of thiophene rings is 1. The summed E-state index contributed by atoms with van der Waals surface area (Å²) in [6, 6.07) is 1.80. The van der Waals surface area contributed by atoms with Crippen LogP contribution in [-0.2, 0) is 16.6 Å². The number of aryl methyl sites for hydroxylation is 1. The molecule has 1 heterocycles. The molecule has 0 aliphatic rings. The summed E-state index contributed by atoms with van der Waals surface area (Å²) >= 11 is 1.54. The Morgan fingerprint density at radius 2 is 1.95 bits per heavy atom. The van der Waals surface area contributed by atoms with E-state index in [1.54, 1.807) is 24.5 Å². The van der Waals surface area contributed by atoms with Gasteiger partial charge in [-0.05, 0) is 39.3 Å². The number of sulfonamides is 1. The van der Waals surface area contributed by atoms with Gasteiger partial charge in [0.15, 0.2) is 0 Å². The smallest absolute Gasteiger partial charge is 0.244 e. The lowest BCUT2D eigenvalue weighted by atomic mass is 10.1. The second kappa shape index (κ2) is 7.02. The van der Waals surface area contributed by atoms with Gasteiger partial charge in [-0.2, -0.15) is 4.31 Å². The Kier molecular flexibility index (Phi) is 6.19. The van der Waals surface area contributed by atoms with Crippen molar-refractivity contribution in [3.63, 3.8) is 0 Å². The van der Waals surface area contributed by atoms with Gasteiger partial charge >= 0.3 is 0 Å². The zero-order valence-electron chi connectivity index (χ0n) is 13.2. The molecule has 1 unspecified atom stereocenters. The van der Waals surface area contributed by atoms with Gasteiger partial charge in [-0.1, -0.05) is 13.8 Å². The standard InChI is InChI=1S/C14H26N2O2S2/c1-10(2)7-11(3)16(6)20(17,18)14-8-13(9-15-5)19-12(14)4/h8,10-11,15H,7,9H2,1-6H3. The van der Waals surface area contributed by atoms with Crippen molar-refractivity contribution in [2.45, 2.75) is 51.6 Å². The Hall–Kier alpha value is -0.430. The number of nitrogens with zero attached hydrogens (tertiary/aromatic N) is 1. The highest BCUT2D eigenvalue weighted by Crippen LogP contribution is 2.29. The average molecular weight is 319 g/mol. The third kappa shape index (κ3) is 4.04. The Bertz CT molecular complexity index is 535. The Morgan fingerprint density at radius 3 is 2.45 bits per heavy atom. The summed E-state index contributed by atoms with van der Waals surface area (Å²) in [5.74, 6) is 0.478. The largest absolute Gasteiger partial charge is 0.315 e. The van der Waals surface area contributed by atoms with E-state index in [1.165, 1.54) is 4.31 Å². The van der Waals surface area contributed by atoms with Crippen LogP contribution in [0.5, 0.6) is 0 Å². The quantitative estimate of drug-likeness (QED) is 0.841. The number of hydrogen-bond acceptors (Lipinski definition) is 4. The number of hydrogen-bond donors (Lipinski definition) is 1. The minimum atomic E-state index is -3.40. The van der Waals surface area contributed by atoms with E-state index in [4.69, 9.17) is 0 Å². The van der Waals surface area contributed by atoms with Gasteiger partial charge in [-0.15, -0.1) is 11.3 Å². The van der Waals surface area contributed by atoms with Gasteiger partial charge < -0.3 is 5.32 Å². The molecule has 6 heteroatoms. The highest BCUT2D eigenvalue weighted by molar-refractivity contribution is 7.89. The third-order valence-electron chi connectivity index (χ3n) is 3.36. The van der Waals surface area contributed by atoms with E-state index in [-0.39, 0.29) is 6.04 Å². The fraction of sp³-hybridized carbons (Fsp3) is 0.714. The van der Waals surface area contributed by atoms with E-state index in [0.29, 0.717) is 17.4 Å². The van der Waals surface area contributed by atoms with Crippen molar-refractivity contribution in [3.05, 3.63) is 15.8 Å². The van der Waals surface area contributed by atoms with Crippen LogP contribution in [0.3, 0.4) is 0 Å². The van der Waals surface area contributed by atoms with Crippen molar-refractivity contribution in [1.29, 1.82) is 0 Å². The Morgan fingerprint density at radius 1 is 1.35 bits per heavy atom. The molecule has 0 spiro atoms. The lowest BCUT2D eigenvalue weighted by Gasteiger charge is -2.25. The van der Waals surface area contributed by atoms with E-state index in [0.717, 1.165) is 16.2 Å². The molecule has 0 aromatic carbocycles. The molecule has 1 N–H and O–H groups in total. The maximum Gasteiger partial charge on any atom is 0.244 e. The molecule has 0 radical (unpaired) electrons. The van der Waals surface area contributed by atoms with E-state index >= 15 is 0 Å². The first kappa shape index (κ1) is 17.6. The molecule has 1 aromatic rings. The summed E-state index contributed by atoms with van der Waals surface area (Å²) in [6.45, 7) is 8.76. The average Bonchev–Trinajstić information content (AvgIpc) is 2.69. The van der Waals surface area contributed by atoms with E-state index in [1.807, 2.05) is 20.9 Å². The third-order valence-corrected chi connectivity index (χ3v) is 6.64. The molecule has 1 rings (SSSR count). The summed E-state index contributed by atoms with van der Waals surface area (Å²) in [5.41, 5.74) is 0. The van der Waals surface area contributed by atoms with Crippen LogP contribution in [0.1, 0.15) is 36.9 Å². The molecule has 1 atom stereocenters. The zero-order chi connectivity index (χ0) is 15.5. The summed E-state index contributed by atoms with van der Waals surface area (Å²) in [4.78, 5) is 2.36. The lowest BCUT2D eigenvalue weighted by Crippen LogP contribution is -2.36. The Labute approximate surface area is 127 Å². The molecule has 0 fully saturated rings. The fourth-order valence-corrected chi connectivity index (χ4v) is 5.25. The predicted octanol–water partition coefficient (Wildman–Crippen LogP) is 2.83. The van der Waals surface area contributed by atoms with Gasteiger partial charge in [0, 0.05) is 29.4 Å². The molecule has 0 aliphatic heterocycles. The monoisotopic (exact) mass is 318 g/mol. The lowest BCUT2D eigenvalue weighted by molar-refractivity contribution is 0.338. The van der Waals surface area contributed by atoms with Crippen LogP contribution in [0.4, 0.5) is 0 Å². The highest BCUT2D eigenvalue weighted by atomic mass is 32.2. The number of nitrogens with one attached hydrogen (secondary N) is 1. The van der Waals surface area contributed by atoms with Crippen molar-refractivity contribution in [2.75, 3.05) is 14.1 Å². The fourth-order valence-electron chi connectivity index (χ4n) is 2.26. The minimum Gasteiger partial charge on any atom is -0.315 e. The van der Waals surface area contributed by atoms with Crippen LogP contribution in [0.25, 0.3) is 0 Å². The minimum absolute atomic E-state index is 0.00653. The van der Waals surface area contributed by atoms with Crippen LogP contribution >= 0.6 is 11.3 Å². The van der Waals surface area contributed by atoms with Gasteiger partial charge in [0.1, 0.15) is 0 Å². The highest BCUT2D eigenvalue weighted by Gasteiger charge is 2.28. The normalized spacial score (nSPS) is 14.2. The van der Waals surface area contributed by atoms with Gasteiger partial charge in [-0.3, -0.25) is 0 Å². The van der Waals surface area contributed by atoms with E-state index in [2.05, 4.69) is 19.2 Å². The molecule has 0 aliphatic carbocycles. The SMILES string of the molecule is CNCc1cc(S(=O)(=O)N(C)C(C)CC(C)C)c(C)s1. The first-order valence-electron chi connectivity index (χ1n) is 6.92. The van der Waals surface area contributed by atoms with Crippen LogP contribution in [0.15, 0.2) is 11.0 Å². The summed E-state index contributed by atoms with van der Waals surface area (Å²) < 4.78 is 26.9. The summed E-state index contributed by atoms with van der Waals surface area (Å²) in [5, 5.41) is 3.06. The van der Waals surface area contributed by atoms with E-state index < -0.39 is 10.0 Å². The van der Waals surface area contributed by atoms with Crippen LogP contribution in [0, 0.1) is 12.8 Å². The topological polar surface area (TPSA) is 49.4 Å². The van der Waals surface area contributed by atoms with Gasteiger partial charge in [-0.25, -0.2) is 8.42 Å². The van der Waals surface area contributed by atoms with Gasteiger partial charge in [0.05, 0.1) is 4.90 Å². The van der Waals surface area contributed by atoms with Crippen molar-refractivity contribution in [1.82, 2.24) is 9.62 Å². The molecule has 0 bridgehead atoms. The van der Waals surface area contributed by atoms with Crippen LogP contribution < -0.4 is 5.32 Å².